The Kier molecular flexibility index (Phi) is 15.4. The molecule has 0 aliphatic rings. The van der Waals surface area contributed by atoms with E-state index < -0.39 is 53.5 Å². The zero-order chi connectivity index (χ0) is 39.0. The Morgan fingerprint density at radius 3 is 0.529 bits per heavy atom. The Labute approximate surface area is 285 Å². The summed E-state index contributed by atoms with van der Waals surface area (Å²) in [7, 11) is 0. The van der Waals surface area contributed by atoms with Gasteiger partial charge in [-0.05, 0) is 91.0 Å². The first kappa shape index (κ1) is 41.1. The molecule has 0 heterocycles. The van der Waals surface area contributed by atoms with Gasteiger partial charge in [0, 0.05) is 16.7 Å². The number of carbonyl (C=O) groups excluding carboxylic acids is 3. The fraction of sp³-hybridized carbons (Fsp3) is 0. The van der Waals surface area contributed by atoms with Crippen molar-refractivity contribution in [1.29, 1.82) is 0 Å². The third-order valence-electron chi connectivity index (χ3n) is 5.92. The lowest BCUT2D eigenvalue weighted by molar-refractivity contribution is 0.0675. The number of hydrogen-bond donors (Lipinski definition) is 9. The maximum atomic E-state index is 10.6. The van der Waals surface area contributed by atoms with E-state index in [0.29, 0.717) is 16.7 Å². The van der Waals surface area contributed by atoms with Crippen LogP contribution in [0.3, 0.4) is 0 Å². The third kappa shape index (κ3) is 13.8. The van der Waals surface area contributed by atoms with Crippen LogP contribution in [0, 0.1) is 0 Å². The van der Waals surface area contributed by atoms with Gasteiger partial charge >= 0.3 is 35.8 Å². The van der Waals surface area contributed by atoms with E-state index >= 15 is 0 Å². The molecule has 0 unspecified atom stereocenters. The zero-order valence-corrected chi connectivity index (χ0v) is 25.7. The van der Waals surface area contributed by atoms with Crippen molar-refractivity contribution in [3.8, 4) is 0 Å². The number of aromatic carboxylic acids is 6. The molecule has 0 aromatic heterocycles. The van der Waals surface area contributed by atoms with Gasteiger partial charge < -0.3 is 47.8 Å². The van der Waals surface area contributed by atoms with Crippen LogP contribution in [0.25, 0.3) is 0 Å². The Hall–Kier alpha value is -7.89. The van der Waals surface area contributed by atoms with Crippen LogP contribution >= 0.6 is 0 Å². The highest BCUT2D eigenvalue weighted by Crippen LogP contribution is 2.11. The fourth-order valence-corrected chi connectivity index (χ4v) is 3.33. The fourth-order valence-electron chi connectivity index (χ4n) is 3.33. The van der Waals surface area contributed by atoms with Gasteiger partial charge in [0.05, 0.1) is 33.4 Å². The molecule has 0 atom stereocenters. The van der Waals surface area contributed by atoms with E-state index in [0.717, 1.165) is 18.2 Å². The van der Waals surface area contributed by atoms with Crippen LogP contribution in [0.2, 0.25) is 0 Å². The highest BCUT2D eigenvalue weighted by molar-refractivity contribution is 5.99. The van der Waals surface area contributed by atoms with Gasteiger partial charge in [0.2, 0.25) is 17.7 Å². The number of nitrogens with two attached hydrogens (primary N) is 3. The molecule has 0 spiro atoms. The van der Waals surface area contributed by atoms with Crippen LogP contribution < -0.4 is 17.2 Å². The molecule has 4 aromatic carbocycles. The van der Waals surface area contributed by atoms with Crippen molar-refractivity contribution in [3.05, 3.63) is 141 Å². The average molecular weight is 706 g/mol. The Balaban J connectivity index is 0.000000342. The van der Waals surface area contributed by atoms with Crippen molar-refractivity contribution in [1.82, 2.24) is 0 Å². The molecule has 3 amide bonds. The molecule has 0 aliphatic heterocycles. The van der Waals surface area contributed by atoms with Crippen molar-refractivity contribution in [3.63, 3.8) is 0 Å². The van der Waals surface area contributed by atoms with Crippen molar-refractivity contribution in [2.45, 2.75) is 0 Å². The van der Waals surface area contributed by atoms with Crippen molar-refractivity contribution >= 4 is 53.5 Å². The van der Waals surface area contributed by atoms with Gasteiger partial charge in [-0.1, -0.05) is 0 Å². The quantitative estimate of drug-likeness (QED) is 0.120. The van der Waals surface area contributed by atoms with Gasteiger partial charge in [-0.3, -0.25) is 14.4 Å². The number of hydrogen-bond acceptors (Lipinski definition) is 9. The molecule has 18 nitrogen and oxygen atoms in total. The molecular formula is C33H27N3O15. The van der Waals surface area contributed by atoms with Crippen molar-refractivity contribution < 1.29 is 73.8 Å². The number of amides is 3. The summed E-state index contributed by atoms with van der Waals surface area (Å²) in [6, 6.07) is 19.0. The van der Waals surface area contributed by atoms with Crippen LogP contribution in [0.4, 0.5) is 0 Å². The van der Waals surface area contributed by atoms with Crippen LogP contribution in [-0.2, 0) is 0 Å². The summed E-state index contributed by atoms with van der Waals surface area (Å²) in [6.45, 7) is 0. The molecule has 0 saturated heterocycles. The lowest BCUT2D eigenvalue weighted by atomic mass is 10.1. The standard InChI is InChI=1S/C9H6O6.3C8H7NO3/c10-7(11)4-1-5(8(12)13)3-6(2-4)9(14)15;3*9-7(10)5-1-3-6(4-2-5)8(11)12/h1-3H,(H,10,11)(H,12,13)(H,14,15);3*1-4H,(H2,9,10)(H,11,12). The van der Waals surface area contributed by atoms with Gasteiger partial charge in [0.25, 0.3) is 0 Å². The smallest absolute Gasteiger partial charge is 0.335 e. The lowest BCUT2D eigenvalue weighted by Crippen LogP contribution is -2.10. The number of carboxylic acids is 6. The van der Waals surface area contributed by atoms with Crippen LogP contribution in [0.1, 0.15) is 93.2 Å². The predicted octanol–water partition coefficient (Wildman–Crippen LogP) is 2.23. The summed E-state index contributed by atoms with van der Waals surface area (Å²) < 4.78 is 0. The average Bonchev–Trinajstić information content (AvgIpc) is 3.08. The van der Waals surface area contributed by atoms with Gasteiger partial charge in [0.1, 0.15) is 0 Å². The third-order valence-corrected chi connectivity index (χ3v) is 5.92. The minimum atomic E-state index is -1.37. The molecular weight excluding hydrogens is 678 g/mol. The van der Waals surface area contributed by atoms with Gasteiger partial charge in [-0.25, -0.2) is 28.8 Å². The minimum absolute atomic E-state index is 0.139. The first-order valence-corrected chi connectivity index (χ1v) is 13.5. The highest BCUT2D eigenvalue weighted by Gasteiger charge is 2.14. The molecule has 264 valence electrons. The van der Waals surface area contributed by atoms with E-state index in [1.165, 1.54) is 72.8 Å². The minimum Gasteiger partial charge on any atom is -0.478 e. The largest absolute Gasteiger partial charge is 0.478 e. The first-order chi connectivity index (χ1) is 23.7. The number of carboxylic acid groups (broad SMARTS) is 6. The molecule has 18 heteroatoms. The van der Waals surface area contributed by atoms with Crippen LogP contribution in [0.5, 0.6) is 0 Å². The van der Waals surface area contributed by atoms with Gasteiger partial charge in [0.15, 0.2) is 0 Å². The number of carbonyl (C=O) groups is 9. The van der Waals surface area contributed by atoms with Crippen molar-refractivity contribution in [2.75, 3.05) is 0 Å². The maximum absolute atomic E-state index is 10.6. The topological polar surface area (TPSA) is 353 Å². The van der Waals surface area contributed by atoms with Gasteiger partial charge in [-0.15, -0.1) is 0 Å². The molecule has 0 saturated carbocycles. The molecule has 0 aliphatic carbocycles. The summed E-state index contributed by atoms with van der Waals surface area (Å²) in [6.07, 6.45) is 0. The molecule has 0 bridgehead atoms. The number of rotatable bonds is 9. The van der Waals surface area contributed by atoms with E-state index in [-0.39, 0.29) is 33.4 Å². The van der Waals surface area contributed by atoms with Gasteiger partial charge in [-0.2, -0.15) is 0 Å². The molecule has 12 N–H and O–H groups in total. The van der Waals surface area contributed by atoms with Crippen LogP contribution in [0.15, 0.2) is 91.0 Å². The normalized spacial score (nSPS) is 9.41. The summed E-state index contributed by atoms with van der Waals surface area (Å²) in [5.74, 6) is -8.88. The highest BCUT2D eigenvalue weighted by atomic mass is 16.4. The monoisotopic (exact) mass is 705 g/mol. The summed E-state index contributed by atoms with van der Waals surface area (Å²) in [4.78, 5) is 94.5. The zero-order valence-electron chi connectivity index (χ0n) is 25.7. The molecule has 4 rings (SSSR count). The first-order valence-electron chi connectivity index (χ1n) is 13.5. The second-order valence-corrected chi connectivity index (χ2v) is 9.45. The number of benzene rings is 4. The Morgan fingerprint density at radius 1 is 0.275 bits per heavy atom. The summed E-state index contributed by atoms with van der Waals surface area (Å²) >= 11 is 0. The van der Waals surface area contributed by atoms with Crippen molar-refractivity contribution in [2.24, 2.45) is 17.2 Å². The van der Waals surface area contributed by atoms with E-state index in [1.807, 2.05) is 0 Å². The SMILES string of the molecule is NC(=O)c1ccc(C(=O)O)cc1.NC(=O)c1ccc(C(=O)O)cc1.NC(=O)c1ccc(C(=O)O)cc1.O=C(O)c1cc(C(=O)O)cc(C(=O)O)c1. The predicted molar refractivity (Wildman–Crippen MR) is 173 cm³/mol. The molecule has 0 radical (unpaired) electrons. The lowest BCUT2D eigenvalue weighted by Gasteiger charge is -2.00. The van der Waals surface area contributed by atoms with Crippen LogP contribution in [-0.4, -0.2) is 84.2 Å². The van der Waals surface area contributed by atoms with E-state index in [4.69, 9.17) is 47.8 Å². The second-order valence-electron chi connectivity index (χ2n) is 9.45. The molecule has 4 aromatic rings. The summed E-state index contributed by atoms with van der Waals surface area (Å²) in [5, 5.41) is 51.3. The summed E-state index contributed by atoms with van der Waals surface area (Å²) in [5.41, 5.74) is 15.1. The van der Waals surface area contributed by atoms with E-state index in [2.05, 4.69) is 0 Å². The number of primary amides is 3. The Bertz CT molecular complexity index is 1630. The van der Waals surface area contributed by atoms with E-state index in [1.54, 1.807) is 0 Å². The second kappa shape index (κ2) is 19.1. The van der Waals surface area contributed by atoms with E-state index in [9.17, 15) is 43.2 Å². The Morgan fingerprint density at radius 2 is 0.412 bits per heavy atom. The molecule has 0 fully saturated rings. The molecule has 51 heavy (non-hydrogen) atoms. The maximum Gasteiger partial charge on any atom is 0.335 e.